The van der Waals surface area contributed by atoms with Crippen LogP contribution in [0.4, 0.5) is 0 Å². The molecule has 1 aromatic heterocycles. The third kappa shape index (κ3) is 2.98. The number of hydrogen-bond donors (Lipinski definition) is 0. The van der Waals surface area contributed by atoms with Crippen molar-refractivity contribution in [3.05, 3.63) is 59.0 Å². The van der Waals surface area contributed by atoms with E-state index in [1.807, 2.05) is 48.2 Å². The van der Waals surface area contributed by atoms with Crippen molar-refractivity contribution in [2.24, 2.45) is 0 Å². The maximum atomic E-state index is 12.8. The van der Waals surface area contributed by atoms with Crippen molar-refractivity contribution in [3.63, 3.8) is 0 Å². The minimum absolute atomic E-state index is 0.0247. The molecule has 0 aliphatic carbocycles. The Balaban J connectivity index is 1.30. The zero-order valence-electron chi connectivity index (χ0n) is 15.5. The molecule has 2 aliphatic rings. The number of carbonyl (C=O) groups is 1. The molecule has 7 nitrogen and oxygen atoms in total. The van der Waals surface area contributed by atoms with Gasteiger partial charge < -0.3 is 18.9 Å². The van der Waals surface area contributed by atoms with Crippen LogP contribution in [0.25, 0.3) is 11.4 Å². The lowest BCUT2D eigenvalue weighted by atomic mass is 9.98. The Labute approximate surface area is 161 Å². The molecule has 2 aliphatic heterocycles. The topological polar surface area (TPSA) is 77.7 Å². The first-order valence-electron chi connectivity index (χ1n) is 9.25. The van der Waals surface area contributed by atoms with E-state index in [1.165, 1.54) is 5.56 Å². The molecular formula is C21H19N3O4. The molecule has 0 saturated heterocycles. The second-order valence-electron chi connectivity index (χ2n) is 7.04. The normalized spacial score (nSPS) is 14.8. The van der Waals surface area contributed by atoms with Gasteiger partial charge in [-0.25, -0.2) is 0 Å². The number of hydrogen-bond acceptors (Lipinski definition) is 6. The summed E-state index contributed by atoms with van der Waals surface area (Å²) >= 11 is 0. The highest BCUT2D eigenvalue weighted by Gasteiger charge is 2.26. The largest absolute Gasteiger partial charge is 0.454 e. The zero-order valence-corrected chi connectivity index (χ0v) is 15.5. The molecule has 3 aromatic rings. The van der Waals surface area contributed by atoms with Crippen molar-refractivity contribution in [1.82, 2.24) is 15.0 Å². The summed E-state index contributed by atoms with van der Waals surface area (Å²) in [5.41, 5.74) is 4.27. The first kappa shape index (κ1) is 16.8. The first-order valence-corrected chi connectivity index (χ1v) is 9.25. The van der Waals surface area contributed by atoms with E-state index < -0.39 is 0 Å². The number of carbonyl (C=O) groups excluding carboxylic acids is 1. The molecule has 0 spiro atoms. The predicted molar refractivity (Wildman–Crippen MR) is 99.9 cm³/mol. The molecular weight excluding hydrogens is 358 g/mol. The van der Waals surface area contributed by atoms with Gasteiger partial charge in [-0.2, -0.15) is 4.98 Å². The van der Waals surface area contributed by atoms with E-state index in [0.717, 1.165) is 34.6 Å². The summed E-state index contributed by atoms with van der Waals surface area (Å²) < 4.78 is 16.2. The van der Waals surface area contributed by atoms with Crippen molar-refractivity contribution < 1.29 is 18.8 Å². The number of benzene rings is 2. The molecule has 0 N–H and O–H groups in total. The maximum Gasteiger partial charge on any atom is 0.236 e. The number of aryl methyl sites for hydroxylation is 1. The Kier molecular flexibility index (Phi) is 4.00. The Bertz CT molecular complexity index is 1060. The zero-order chi connectivity index (χ0) is 19.1. The molecule has 1 amide bonds. The Hall–Kier alpha value is -3.35. The average Bonchev–Trinajstić information content (AvgIpc) is 3.35. The lowest BCUT2D eigenvalue weighted by molar-refractivity contribution is -0.131. The smallest absolute Gasteiger partial charge is 0.236 e. The molecule has 2 aromatic carbocycles. The molecule has 0 saturated carbocycles. The summed E-state index contributed by atoms with van der Waals surface area (Å²) in [4.78, 5) is 19.0. The number of fused-ring (bicyclic) bond motifs is 2. The summed E-state index contributed by atoms with van der Waals surface area (Å²) in [7, 11) is 0. The molecule has 142 valence electrons. The van der Waals surface area contributed by atoms with Crippen molar-refractivity contribution in [3.8, 4) is 22.9 Å². The Morgan fingerprint density at radius 2 is 1.93 bits per heavy atom. The molecule has 7 heteroatoms. The quantitative estimate of drug-likeness (QED) is 0.698. The van der Waals surface area contributed by atoms with Gasteiger partial charge in [0, 0.05) is 18.7 Å². The number of amides is 1. The minimum atomic E-state index is -0.0247. The monoisotopic (exact) mass is 377 g/mol. The Morgan fingerprint density at radius 1 is 1.14 bits per heavy atom. The highest BCUT2D eigenvalue weighted by Crippen LogP contribution is 2.36. The molecule has 28 heavy (non-hydrogen) atoms. The van der Waals surface area contributed by atoms with Gasteiger partial charge in [0.15, 0.2) is 11.5 Å². The fraction of sp³-hybridized carbons (Fsp3) is 0.286. The van der Waals surface area contributed by atoms with E-state index in [9.17, 15) is 4.79 Å². The standard InChI is InChI=1S/C21H19N3O4/c1-13-4-2-3-5-16(13)21-22-19(28-23-21)10-20(25)24-7-6-14-8-17-18(27-12-26-17)9-15(14)11-24/h2-5,8-9H,6-7,10-12H2,1H3. The minimum Gasteiger partial charge on any atom is -0.454 e. The third-order valence-corrected chi connectivity index (χ3v) is 5.22. The van der Waals surface area contributed by atoms with Gasteiger partial charge in [-0.1, -0.05) is 29.4 Å². The number of rotatable bonds is 3. The van der Waals surface area contributed by atoms with Crippen molar-refractivity contribution in [2.75, 3.05) is 13.3 Å². The maximum absolute atomic E-state index is 12.8. The van der Waals surface area contributed by atoms with Gasteiger partial charge in [0.05, 0.1) is 0 Å². The fourth-order valence-electron chi connectivity index (χ4n) is 3.66. The lowest BCUT2D eigenvalue weighted by Gasteiger charge is -2.28. The third-order valence-electron chi connectivity index (χ3n) is 5.22. The van der Waals surface area contributed by atoms with Gasteiger partial charge in [0.2, 0.25) is 24.4 Å². The molecule has 0 radical (unpaired) electrons. The second kappa shape index (κ2) is 6.67. The van der Waals surface area contributed by atoms with Gasteiger partial charge in [-0.3, -0.25) is 4.79 Å². The summed E-state index contributed by atoms with van der Waals surface area (Å²) in [6.45, 7) is 3.45. The van der Waals surface area contributed by atoms with E-state index >= 15 is 0 Å². The summed E-state index contributed by atoms with van der Waals surface area (Å²) in [6.07, 6.45) is 0.884. The van der Waals surface area contributed by atoms with E-state index in [-0.39, 0.29) is 19.1 Å². The van der Waals surface area contributed by atoms with Crippen LogP contribution >= 0.6 is 0 Å². The van der Waals surface area contributed by atoms with Crippen LogP contribution in [0.3, 0.4) is 0 Å². The average molecular weight is 377 g/mol. The number of ether oxygens (including phenoxy) is 2. The van der Waals surface area contributed by atoms with Crippen LogP contribution in [-0.2, 0) is 24.2 Å². The van der Waals surface area contributed by atoms with Crippen LogP contribution < -0.4 is 9.47 Å². The van der Waals surface area contributed by atoms with E-state index in [1.54, 1.807) is 0 Å². The van der Waals surface area contributed by atoms with Crippen LogP contribution in [-0.4, -0.2) is 34.3 Å². The SMILES string of the molecule is Cc1ccccc1-c1noc(CC(=O)N2CCc3cc4c(cc3C2)OCO4)n1. The Morgan fingerprint density at radius 3 is 2.75 bits per heavy atom. The molecule has 0 fully saturated rings. The molecule has 0 atom stereocenters. The lowest BCUT2D eigenvalue weighted by Crippen LogP contribution is -2.36. The molecule has 0 bridgehead atoms. The van der Waals surface area contributed by atoms with Crippen LogP contribution in [0.2, 0.25) is 0 Å². The van der Waals surface area contributed by atoms with Gasteiger partial charge in [0.1, 0.15) is 6.42 Å². The van der Waals surface area contributed by atoms with Gasteiger partial charge in [-0.15, -0.1) is 0 Å². The van der Waals surface area contributed by atoms with Crippen molar-refractivity contribution in [2.45, 2.75) is 26.3 Å². The highest BCUT2D eigenvalue weighted by atomic mass is 16.7. The number of aromatic nitrogens is 2. The van der Waals surface area contributed by atoms with Crippen LogP contribution in [0.15, 0.2) is 40.9 Å². The summed E-state index contributed by atoms with van der Waals surface area (Å²) in [5, 5.41) is 4.03. The van der Waals surface area contributed by atoms with E-state index in [0.29, 0.717) is 24.8 Å². The van der Waals surface area contributed by atoms with Crippen molar-refractivity contribution >= 4 is 5.91 Å². The second-order valence-corrected chi connectivity index (χ2v) is 7.04. The molecule has 5 rings (SSSR count). The van der Waals surface area contributed by atoms with Crippen LogP contribution in [0.1, 0.15) is 22.6 Å². The highest BCUT2D eigenvalue weighted by molar-refractivity contribution is 5.78. The molecule has 0 unspecified atom stereocenters. The summed E-state index contributed by atoms with van der Waals surface area (Å²) in [5.74, 6) is 2.35. The van der Waals surface area contributed by atoms with E-state index in [4.69, 9.17) is 14.0 Å². The molecule has 3 heterocycles. The van der Waals surface area contributed by atoms with Crippen LogP contribution in [0, 0.1) is 6.92 Å². The fourth-order valence-corrected chi connectivity index (χ4v) is 3.66. The van der Waals surface area contributed by atoms with Crippen molar-refractivity contribution in [1.29, 1.82) is 0 Å². The van der Waals surface area contributed by atoms with Gasteiger partial charge in [-0.05, 0) is 42.2 Å². The van der Waals surface area contributed by atoms with Gasteiger partial charge in [0.25, 0.3) is 0 Å². The van der Waals surface area contributed by atoms with Crippen LogP contribution in [0.5, 0.6) is 11.5 Å². The van der Waals surface area contributed by atoms with E-state index in [2.05, 4.69) is 10.1 Å². The number of nitrogens with zero attached hydrogens (tertiary/aromatic N) is 3. The first-order chi connectivity index (χ1) is 13.7. The summed E-state index contributed by atoms with van der Waals surface area (Å²) in [6, 6.07) is 11.8. The predicted octanol–water partition coefficient (Wildman–Crippen LogP) is 2.90. The van der Waals surface area contributed by atoms with Gasteiger partial charge >= 0.3 is 0 Å².